The van der Waals surface area contributed by atoms with Crippen molar-refractivity contribution in [2.45, 2.75) is 19.5 Å². The fraction of sp³-hybridized carbons (Fsp3) is 0.154. The lowest BCUT2D eigenvalue weighted by molar-refractivity contribution is -0.138. The van der Waals surface area contributed by atoms with E-state index in [0.29, 0.717) is 54.2 Å². The minimum absolute atomic E-state index is 0.142. The maximum Gasteiger partial charge on any atom is 0.338 e. The maximum absolute atomic E-state index is 14.6. The molecule has 1 aliphatic rings. The summed E-state index contributed by atoms with van der Waals surface area (Å²) < 4.78 is 21.1. The first-order valence-electron chi connectivity index (χ1n) is 15.8. The zero-order valence-corrected chi connectivity index (χ0v) is 29.7. The highest BCUT2D eigenvalue weighted by Gasteiger charge is 2.37. The second kappa shape index (κ2) is 14.0. The van der Waals surface area contributed by atoms with Crippen molar-refractivity contribution >= 4 is 63.2 Å². The first-order chi connectivity index (χ1) is 24.3. The highest BCUT2D eigenvalue weighted by atomic mass is 35.5. The third-order valence-corrected chi connectivity index (χ3v) is 10.3. The molecule has 1 aliphatic heterocycles. The van der Waals surface area contributed by atoms with Gasteiger partial charge in [-0.1, -0.05) is 89.1 Å². The van der Waals surface area contributed by atoms with E-state index in [-0.39, 0.29) is 17.7 Å². The van der Waals surface area contributed by atoms with Gasteiger partial charge in [0.25, 0.3) is 5.56 Å². The summed E-state index contributed by atoms with van der Waals surface area (Å²) in [7, 11) is 3.11. The summed E-state index contributed by atoms with van der Waals surface area (Å²) in [5.41, 5.74) is 4.44. The van der Waals surface area contributed by atoms with Gasteiger partial charge in [-0.25, -0.2) is 9.79 Å². The van der Waals surface area contributed by atoms with Gasteiger partial charge in [-0.3, -0.25) is 9.36 Å². The predicted molar refractivity (Wildman–Crippen MR) is 198 cm³/mol. The molecule has 0 N–H and O–H groups in total. The van der Waals surface area contributed by atoms with Gasteiger partial charge in [-0.05, 0) is 55.0 Å². The van der Waals surface area contributed by atoms with E-state index < -0.39 is 12.0 Å². The molecule has 6 aromatic rings. The highest BCUT2D eigenvalue weighted by molar-refractivity contribution is 7.07. The molecule has 0 saturated carbocycles. The third kappa shape index (κ3) is 6.13. The molecule has 8 nitrogen and oxygen atoms in total. The molecule has 0 saturated heterocycles. The van der Waals surface area contributed by atoms with Crippen LogP contribution in [0.15, 0.2) is 113 Å². The van der Waals surface area contributed by atoms with Gasteiger partial charge >= 0.3 is 5.97 Å². The number of fused-ring (bicyclic) bond motifs is 2. The Hall–Kier alpha value is -5.09. The van der Waals surface area contributed by atoms with Crippen LogP contribution in [0, 0.1) is 0 Å². The third-order valence-electron chi connectivity index (χ3n) is 8.55. The highest BCUT2D eigenvalue weighted by Crippen LogP contribution is 2.40. The van der Waals surface area contributed by atoms with Gasteiger partial charge in [-0.2, -0.15) is 0 Å². The second-order valence-corrected chi connectivity index (χ2v) is 13.3. The number of para-hydroxylation sites is 1. The first-order valence-corrected chi connectivity index (χ1v) is 17.4. The summed E-state index contributed by atoms with van der Waals surface area (Å²) in [5.74, 6) is 0.440. The van der Waals surface area contributed by atoms with Crippen molar-refractivity contribution in [2.75, 3.05) is 20.8 Å². The molecule has 11 heteroatoms. The Balaban J connectivity index is 1.47. The molecule has 0 spiro atoms. The summed E-state index contributed by atoms with van der Waals surface area (Å²) in [6.07, 6.45) is 3.90. The average Bonchev–Trinajstić information content (AvgIpc) is 3.64. The quantitative estimate of drug-likeness (QED) is 0.147. The molecule has 2 aromatic heterocycles. The standard InChI is InChI=1S/C39H31Cl2N3O5S/c1-4-49-38(46)34-35(24-10-6-5-7-11-24)42-39-44(36(34)28-20-26(47-2)15-17-32(28)48-3)37(45)33(50-39)19-25-22-43(31-13-9-8-12-27(25)31)21-23-14-16-29(40)30(41)18-23/h5-20,22,36H,4,21H2,1-3H3/b33-19-/t36-/m0/s1. The number of nitrogens with zero attached hydrogens (tertiary/aromatic N) is 3. The minimum atomic E-state index is -0.927. The average molecular weight is 725 g/mol. The van der Waals surface area contributed by atoms with Gasteiger partial charge in [0.1, 0.15) is 17.5 Å². The van der Waals surface area contributed by atoms with Crippen LogP contribution in [0.1, 0.15) is 35.2 Å². The number of carbonyl (C=O) groups excluding carboxylic acids is 1. The number of rotatable bonds is 9. The van der Waals surface area contributed by atoms with E-state index in [4.69, 9.17) is 42.4 Å². The summed E-state index contributed by atoms with van der Waals surface area (Å²) in [6.45, 7) is 2.43. The maximum atomic E-state index is 14.6. The van der Waals surface area contributed by atoms with Crippen molar-refractivity contribution in [3.8, 4) is 11.5 Å². The molecule has 0 fully saturated rings. The lowest BCUT2D eigenvalue weighted by Gasteiger charge is -2.27. The largest absolute Gasteiger partial charge is 0.497 e. The van der Waals surface area contributed by atoms with Crippen LogP contribution in [0.5, 0.6) is 11.5 Å². The number of aromatic nitrogens is 2. The zero-order valence-electron chi connectivity index (χ0n) is 27.4. The van der Waals surface area contributed by atoms with Crippen LogP contribution in [-0.2, 0) is 16.1 Å². The van der Waals surface area contributed by atoms with Crippen LogP contribution < -0.4 is 24.4 Å². The number of methoxy groups -OCH3 is 2. The number of esters is 1. The number of ether oxygens (including phenoxy) is 3. The van der Waals surface area contributed by atoms with Crippen LogP contribution in [-0.4, -0.2) is 35.9 Å². The molecule has 0 amide bonds. The van der Waals surface area contributed by atoms with Crippen molar-refractivity contribution in [1.29, 1.82) is 0 Å². The Kier molecular flexibility index (Phi) is 9.38. The molecule has 0 unspecified atom stereocenters. The van der Waals surface area contributed by atoms with E-state index in [1.165, 1.54) is 11.3 Å². The lowest BCUT2D eigenvalue weighted by Crippen LogP contribution is -2.40. The molecule has 7 rings (SSSR count). The monoisotopic (exact) mass is 723 g/mol. The van der Waals surface area contributed by atoms with E-state index in [9.17, 15) is 9.59 Å². The van der Waals surface area contributed by atoms with Gasteiger partial charge in [-0.15, -0.1) is 0 Å². The van der Waals surface area contributed by atoms with Gasteiger partial charge in [0.05, 0.1) is 46.7 Å². The molecular formula is C39H31Cl2N3O5S. The molecule has 252 valence electrons. The molecule has 4 aromatic carbocycles. The molecule has 0 radical (unpaired) electrons. The van der Waals surface area contributed by atoms with Crippen LogP contribution in [0.25, 0.3) is 22.7 Å². The Labute approximate surface area is 301 Å². The number of halogens is 2. The minimum Gasteiger partial charge on any atom is -0.497 e. The molecule has 0 bridgehead atoms. The summed E-state index contributed by atoms with van der Waals surface area (Å²) in [4.78, 5) is 34.0. The topological polar surface area (TPSA) is 84.1 Å². The van der Waals surface area contributed by atoms with Crippen molar-refractivity contribution in [1.82, 2.24) is 9.13 Å². The van der Waals surface area contributed by atoms with Crippen LogP contribution >= 0.6 is 34.5 Å². The Bertz CT molecular complexity index is 2480. The van der Waals surface area contributed by atoms with Crippen molar-refractivity contribution in [2.24, 2.45) is 4.99 Å². The van der Waals surface area contributed by atoms with Crippen molar-refractivity contribution < 1.29 is 19.0 Å². The number of carbonyl (C=O) groups is 1. The van der Waals surface area contributed by atoms with Crippen molar-refractivity contribution in [3.05, 3.63) is 155 Å². The van der Waals surface area contributed by atoms with E-state index >= 15 is 0 Å². The fourth-order valence-electron chi connectivity index (χ4n) is 6.28. The van der Waals surface area contributed by atoms with Gasteiger partial charge in [0.2, 0.25) is 0 Å². The molecule has 50 heavy (non-hydrogen) atoms. The number of thiazole rings is 1. The van der Waals surface area contributed by atoms with Crippen LogP contribution in [0.3, 0.4) is 0 Å². The van der Waals surface area contributed by atoms with Gasteiger partial charge in [0.15, 0.2) is 4.80 Å². The van der Waals surface area contributed by atoms with Crippen LogP contribution in [0.2, 0.25) is 10.0 Å². The second-order valence-electron chi connectivity index (χ2n) is 11.5. The summed E-state index contributed by atoms with van der Waals surface area (Å²) in [6, 6.07) is 27.4. The number of hydrogen-bond acceptors (Lipinski definition) is 7. The summed E-state index contributed by atoms with van der Waals surface area (Å²) >= 11 is 13.8. The molecular weight excluding hydrogens is 693 g/mol. The van der Waals surface area contributed by atoms with Gasteiger partial charge in [0, 0.05) is 40.3 Å². The van der Waals surface area contributed by atoms with E-state index in [1.54, 1.807) is 50.0 Å². The lowest BCUT2D eigenvalue weighted by atomic mass is 9.92. The normalized spacial score (nSPS) is 14.4. The van der Waals surface area contributed by atoms with E-state index in [1.807, 2.05) is 79.0 Å². The van der Waals surface area contributed by atoms with Crippen LogP contribution in [0.4, 0.5) is 0 Å². The summed E-state index contributed by atoms with van der Waals surface area (Å²) in [5, 5.41) is 1.96. The molecule has 0 aliphatic carbocycles. The first kappa shape index (κ1) is 33.4. The number of hydrogen-bond donors (Lipinski definition) is 0. The smallest absolute Gasteiger partial charge is 0.338 e. The van der Waals surface area contributed by atoms with Crippen molar-refractivity contribution in [3.63, 3.8) is 0 Å². The Morgan fingerprint density at radius 2 is 1.72 bits per heavy atom. The fourth-order valence-corrected chi connectivity index (χ4v) is 7.60. The Morgan fingerprint density at radius 3 is 2.46 bits per heavy atom. The predicted octanol–water partition coefficient (Wildman–Crippen LogP) is 7.26. The Morgan fingerprint density at radius 1 is 0.940 bits per heavy atom. The molecule has 3 heterocycles. The van der Waals surface area contributed by atoms with E-state index in [0.717, 1.165) is 22.0 Å². The van der Waals surface area contributed by atoms with E-state index in [2.05, 4.69) is 4.57 Å². The zero-order chi connectivity index (χ0) is 34.9. The molecule has 1 atom stereocenters. The van der Waals surface area contributed by atoms with Gasteiger partial charge < -0.3 is 18.8 Å². The number of benzene rings is 4. The SMILES string of the molecule is CCOC(=O)C1=C(c2ccccc2)N=c2s/c(=C\c3cn(Cc4ccc(Cl)c(Cl)c4)c4ccccc34)c(=O)n2[C@H]1c1cc(OC)ccc1OC.